The van der Waals surface area contributed by atoms with Crippen LogP contribution in [0.15, 0.2) is 60.8 Å². The molecule has 1 saturated heterocycles. The second kappa shape index (κ2) is 11.5. The number of hydrogen-bond acceptors (Lipinski definition) is 9. The summed E-state index contributed by atoms with van der Waals surface area (Å²) >= 11 is 0. The molecule has 3 heterocycles. The number of rotatable bonds is 7. The molecule has 1 aliphatic carbocycles. The first-order chi connectivity index (χ1) is 20.4. The summed E-state index contributed by atoms with van der Waals surface area (Å²) in [4.78, 5) is 60.6. The van der Waals surface area contributed by atoms with Gasteiger partial charge in [0.25, 0.3) is 11.8 Å². The van der Waals surface area contributed by atoms with Gasteiger partial charge in [0, 0.05) is 57.6 Å². The molecule has 2 aromatic carbocycles. The predicted molar refractivity (Wildman–Crippen MR) is 155 cm³/mol. The number of nitrogens with one attached hydrogen (secondary N) is 1. The number of ketones is 2. The summed E-state index contributed by atoms with van der Waals surface area (Å²) in [5.41, 5.74) is 3.90. The van der Waals surface area contributed by atoms with Crippen molar-refractivity contribution < 1.29 is 19.2 Å². The van der Waals surface area contributed by atoms with Gasteiger partial charge in [0.2, 0.25) is 0 Å². The van der Waals surface area contributed by atoms with E-state index < -0.39 is 17.9 Å². The van der Waals surface area contributed by atoms with Gasteiger partial charge in [-0.25, -0.2) is 4.98 Å². The van der Waals surface area contributed by atoms with Crippen molar-refractivity contribution in [2.24, 2.45) is 0 Å². The van der Waals surface area contributed by atoms with Crippen LogP contribution in [0.4, 0.5) is 11.5 Å². The fourth-order valence-corrected chi connectivity index (χ4v) is 5.86. The van der Waals surface area contributed by atoms with Gasteiger partial charge < -0.3 is 10.2 Å². The summed E-state index contributed by atoms with van der Waals surface area (Å²) in [7, 11) is 0. The van der Waals surface area contributed by atoms with E-state index in [0.717, 1.165) is 49.0 Å². The maximum Gasteiger partial charge on any atom is 0.264 e. The number of fused-ring (bicyclic) bond motifs is 1. The highest BCUT2D eigenvalue weighted by molar-refractivity contribution is 6.25. The molecule has 1 unspecified atom stereocenters. The second-order valence-corrected chi connectivity index (χ2v) is 10.9. The third-order valence-corrected chi connectivity index (χ3v) is 8.18. The van der Waals surface area contributed by atoms with Crippen LogP contribution < -0.4 is 10.2 Å². The van der Waals surface area contributed by atoms with Gasteiger partial charge in [0.05, 0.1) is 29.2 Å². The van der Waals surface area contributed by atoms with E-state index in [0.29, 0.717) is 17.8 Å². The zero-order valence-electron chi connectivity index (χ0n) is 23.1. The lowest BCUT2D eigenvalue weighted by atomic mass is 9.92. The molecular weight excluding hydrogens is 532 g/mol. The Morgan fingerprint density at radius 3 is 2.36 bits per heavy atom. The first-order valence-electron chi connectivity index (χ1n) is 14.1. The van der Waals surface area contributed by atoms with Crippen molar-refractivity contribution in [3.8, 4) is 6.07 Å². The molecule has 2 aliphatic heterocycles. The minimum atomic E-state index is -0.883. The number of hydrogen-bond donors (Lipinski definition) is 1. The Morgan fingerprint density at radius 2 is 1.67 bits per heavy atom. The highest BCUT2D eigenvalue weighted by Crippen LogP contribution is 2.33. The van der Waals surface area contributed by atoms with Crippen molar-refractivity contribution >= 4 is 34.9 Å². The smallest absolute Gasteiger partial charge is 0.264 e. The summed E-state index contributed by atoms with van der Waals surface area (Å²) in [6.07, 6.45) is 1.75. The monoisotopic (exact) mass is 562 g/mol. The fourth-order valence-electron chi connectivity index (χ4n) is 5.86. The SMILES string of the molecule is N#Cc1ccc(N2CCN(Cc3ccc(CNc4cccc5c4C(=O)N(C4CCC(=O)CC4=O)C5=O)cc3)CC2)nc1. The Labute approximate surface area is 243 Å². The van der Waals surface area contributed by atoms with E-state index in [9.17, 15) is 19.2 Å². The lowest BCUT2D eigenvalue weighted by molar-refractivity contribution is -0.132. The number of amides is 2. The number of Topliss-reactive ketones (excluding diaryl/α,β-unsaturated/α-hetero) is 2. The number of pyridine rings is 1. The van der Waals surface area contributed by atoms with Crippen molar-refractivity contribution in [3.05, 3.63) is 88.6 Å². The molecule has 0 radical (unpaired) electrons. The molecule has 1 atom stereocenters. The second-order valence-electron chi connectivity index (χ2n) is 10.9. The lowest BCUT2D eigenvalue weighted by Gasteiger charge is -2.35. The molecule has 2 amide bonds. The molecule has 42 heavy (non-hydrogen) atoms. The number of carbonyl (C=O) groups is 4. The van der Waals surface area contributed by atoms with Crippen LogP contribution >= 0.6 is 0 Å². The van der Waals surface area contributed by atoms with Crippen LogP contribution in [0, 0.1) is 11.3 Å². The number of aromatic nitrogens is 1. The zero-order chi connectivity index (χ0) is 29.2. The first kappa shape index (κ1) is 27.3. The summed E-state index contributed by atoms with van der Waals surface area (Å²) < 4.78 is 0. The Kier molecular flexibility index (Phi) is 7.50. The van der Waals surface area contributed by atoms with Crippen LogP contribution in [-0.2, 0) is 22.7 Å². The maximum absolute atomic E-state index is 13.3. The number of anilines is 2. The van der Waals surface area contributed by atoms with E-state index in [2.05, 4.69) is 50.4 Å². The van der Waals surface area contributed by atoms with Gasteiger partial charge in [-0.05, 0) is 41.8 Å². The van der Waals surface area contributed by atoms with Crippen LogP contribution in [0.1, 0.15) is 56.7 Å². The fraction of sp³-hybridized carbons (Fsp3) is 0.312. The van der Waals surface area contributed by atoms with Gasteiger partial charge in [-0.1, -0.05) is 30.3 Å². The third kappa shape index (κ3) is 5.39. The topological polar surface area (TPSA) is 127 Å². The minimum absolute atomic E-state index is 0.152. The van der Waals surface area contributed by atoms with E-state index in [-0.39, 0.29) is 42.0 Å². The standard InChI is InChI=1S/C32H30N6O4/c33-17-23-8-11-29(35-19-23)37-14-12-36(13-15-37)20-22-6-4-21(5-7-22)18-34-26-3-1-2-25-30(26)32(42)38(31(25)41)27-10-9-24(39)16-28(27)40/h1-8,11,19,27,34H,9-10,12-16,18,20H2. The van der Waals surface area contributed by atoms with Gasteiger partial charge in [-0.3, -0.25) is 29.0 Å². The molecule has 0 bridgehead atoms. The quantitative estimate of drug-likeness (QED) is 0.341. The number of benzene rings is 2. The molecule has 1 N–H and O–H groups in total. The van der Waals surface area contributed by atoms with E-state index in [1.807, 2.05) is 6.07 Å². The highest BCUT2D eigenvalue weighted by Gasteiger charge is 2.45. The third-order valence-electron chi connectivity index (χ3n) is 8.18. The summed E-state index contributed by atoms with van der Waals surface area (Å²) in [6.45, 7) is 4.87. The number of piperazine rings is 1. The minimum Gasteiger partial charge on any atom is -0.380 e. The average Bonchev–Trinajstić information content (AvgIpc) is 3.27. The Hall–Kier alpha value is -4.88. The van der Waals surface area contributed by atoms with E-state index >= 15 is 0 Å². The summed E-state index contributed by atoms with van der Waals surface area (Å²) in [5.74, 6) is -0.602. The van der Waals surface area contributed by atoms with Crippen LogP contribution in [0.25, 0.3) is 0 Å². The molecule has 1 saturated carbocycles. The van der Waals surface area contributed by atoms with Crippen LogP contribution in [0.5, 0.6) is 0 Å². The predicted octanol–water partition coefficient (Wildman–Crippen LogP) is 3.17. The lowest BCUT2D eigenvalue weighted by Crippen LogP contribution is -2.47. The molecule has 1 aromatic heterocycles. The first-order valence-corrected chi connectivity index (χ1v) is 14.1. The van der Waals surface area contributed by atoms with E-state index in [1.54, 1.807) is 30.5 Å². The summed E-state index contributed by atoms with van der Waals surface area (Å²) in [5, 5.41) is 12.3. The van der Waals surface area contributed by atoms with Crippen molar-refractivity contribution in [1.82, 2.24) is 14.8 Å². The summed E-state index contributed by atoms with van der Waals surface area (Å²) in [6, 6.07) is 18.3. The van der Waals surface area contributed by atoms with Crippen molar-refractivity contribution in [1.29, 1.82) is 5.26 Å². The van der Waals surface area contributed by atoms with Gasteiger partial charge in [0.15, 0.2) is 5.78 Å². The van der Waals surface area contributed by atoms with E-state index in [4.69, 9.17) is 5.26 Å². The highest BCUT2D eigenvalue weighted by atomic mass is 16.2. The molecular formula is C32H30N6O4. The molecule has 10 heteroatoms. The van der Waals surface area contributed by atoms with Crippen molar-refractivity contribution in [2.75, 3.05) is 36.4 Å². The molecule has 212 valence electrons. The maximum atomic E-state index is 13.3. The molecule has 3 aliphatic rings. The Balaban J connectivity index is 1.04. The van der Waals surface area contributed by atoms with E-state index in [1.165, 1.54) is 5.56 Å². The van der Waals surface area contributed by atoms with Gasteiger partial charge in [-0.15, -0.1) is 0 Å². The number of nitriles is 1. The van der Waals surface area contributed by atoms with Crippen LogP contribution in [0.2, 0.25) is 0 Å². The van der Waals surface area contributed by atoms with Gasteiger partial charge >= 0.3 is 0 Å². The molecule has 0 spiro atoms. The molecule has 6 rings (SSSR count). The number of carbonyl (C=O) groups excluding carboxylic acids is 4. The number of nitrogens with zero attached hydrogens (tertiary/aromatic N) is 5. The van der Waals surface area contributed by atoms with Gasteiger partial charge in [-0.2, -0.15) is 5.26 Å². The normalized spacial score (nSPS) is 19.2. The Bertz CT molecular complexity index is 1590. The number of imide groups is 1. The van der Waals surface area contributed by atoms with Crippen molar-refractivity contribution in [2.45, 2.75) is 38.4 Å². The Morgan fingerprint density at radius 1 is 0.905 bits per heavy atom. The van der Waals surface area contributed by atoms with Crippen LogP contribution in [0.3, 0.4) is 0 Å². The van der Waals surface area contributed by atoms with Crippen LogP contribution in [-0.4, -0.2) is 70.4 Å². The average molecular weight is 563 g/mol. The largest absolute Gasteiger partial charge is 0.380 e. The zero-order valence-corrected chi connectivity index (χ0v) is 23.1. The van der Waals surface area contributed by atoms with Gasteiger partial charge in [0.1, 0.15) is 17.7 Å². The molecule has 3 aromatic rings. The van der Waals surface area contributed by atoms with Crippen molar-refractivity contribution in [3.63, 3.8) is 0 Å². The molecule has 10 nitrogen and oxygen atoms in total. The molecule has 2 fully saturated rings.